The molecule has 0 fully saturated rings. The zero-order chi connectivity index (χ0) is 25.4. The molecule has 0 spiro atoms. The highest BCUT2D eigenvalue weighted by molar-refractivity contribution is 6.13. The van der Waals surface area contributed by atoms with Gasteiger partial charge in [-0.2, -0.15) is 0 Å². The monoisotopic (exact) mass is 491 g/mol. The van der Waals surface area contributed by atoms with E-state index in [2.05, 4.69) is 48.6 Å². The van der Waals surface area contributed by atoms with Gasteiger partial charge in [0.15, 0.2) is 5.78 Å². The van der Waals surface area contributed by atoms with Crippen molar-refractivity contribution in [2.75, 3.05) is 11.9 Å². The van der Waals surface area contributed by atoms with Crippen LogP contribution in [0.3, 0.4) is 0 Å². The summed E-state index contributed by atoms with van der Waals surface area (Å²) in [6.07, 6.45) is 3.36. The Kier molecular flexibility index (Phi) is 6.25. The number of allylic oxidation sites excluding steroid dienone is 1. The fourth-order valence-electron chi connectivity index (χ4n) is 5.76. The number of nitrogens with one attached hydrogen (secondary N) is 1. The Morgan fingerprint density at radius 1 is 0.892 bits per heavy atom. The Morgan fingerprint density at radius 2 is 1.65 bits per heavy atom. The van der Waals surface area contributed by atoms with Gasteiger partial charge in [-0.25, -0.2) is 4.39 Å². The van der Waals surface area contributed by atoms with Gasteiger partial charge in [0, 0.05) is 23.2 Å². The molecule has 0 radical (unpaired) electrons. The van der Waals surface area contributed by atoms with Crippen LogP contribution in [0.4, 0.5) is 10.1 Å². The van der Waals surface area contributed by atoms with Gasteiger partial charge >= 0.3 is 0 Å². The van der Waals surface area contributed by atoms with Crippen molar-refractivity contribution in [3.63, 3.8) is 0 Å². The third-order valence-corrected chi connectivity index (χ3v) is 7.65. The Balaban J connectivity index is 1.43. The number of hydrogen-bond acceptors (Lipinski definition) is 3. The molecule has 0 saturated heterocycles. The van der Waals surface area contributed by atoms with E-state index in [4.69, 9.17) is 4.74 Å². The van der Waals surface area contributed by atoms with E-state index < -0.39 is 0 Å². The first-order valence-electron chi connectivity index (χ1n) is 13.2. The number of carbonyl (C=O) groups is 1. The number of benzene rings is 4. The highest BCUT2D eigenvalue weighted by atomic mass is 19.1. The summed E-state index contributed by atoms with van der Waals surface area (Å²) in [5, 5.41) is 5.92. The number of hydrogen-bond donors (Lipinski definition) is 1. The first-order valence-corrected chi connectivity index (χ1v) is 13.2. The number of rotatable bonds is 6. The minimum atomic E-state index is -0.299. The molecule has 186 valence electrons. The second kappa shape index (κ2) is 9.85. The van der Waals surface area contributed by atoms with Crippen LogP contribution >= 0.6 is 0 Å². The number of unbranched alkanes of at least 4 members (excludes halogenated alkanes) is 1. The average molecular weight is 492 g/mol. The molecule has 0 amide bonds. The van der Waals surface area contributed by atoms with Crippen LogP contribution < -0.4 is 10.1 Å². The standard InChI is InChI=1S/C33H30FNO2/c1-2-3-18-37-26-15-10-21(11-16-26)24-19-28-31-27-7-5-4-6-22(27)12-17-29(31)35-33(32(28)30(36)20-24)23-8-13-25(34)14-9-23/h4-17,24,33,35H,2-3,18-20H2,1H3. The summed E-state index contributed by atoms with van der Waals surface area (Å²) in [5.41, 5.74) is 6.09. The normalized spacial score (nSPS) is 18.8. The van der Waals surface area contributed by atoms with Crippen LogP contribution in [0.1, 0.15) is 61.3 Å². The molecule has 2 atom stereocenters. The van der Waals surface area contributed by atoms with Gasteiger partial charge in [-0.15, -0.1) is 0 Å². The van der Waals surface area contributed by atoms with Crippen molar-refractivity contribution in [2.24, 2.45) is 0 Å². The second-order valence-electron chi connectivity index (χ2n) is 10.0. The molecule has 2 aliphatic rings. The highest BCUT2D eigenvalue weighted by Crippen LogP contribution is 2.51. The Morgan fingerprint density at radius 3 is 2.43 bits per heavy atom. The van der Waals surface area contributed by atoms with E-state index in [1.54, 1.807) is 12.1 Å². The van der Waals surface area contributed by atoms with Crippen molar-refractivity contribution >= 4 is 27.8 Å². The molecule has 1 aliphatic carbocycles. The van der Waals surface area contributed by atoms with Crippen molar-refractivity contribution in [1.82, 2.24) is 0 Å². The molecule has 4 aromatic carbocycles. The van der Waals surface area contributed by atoms with E-state index in [-0.39, 0.29) is 23.6 Å². The van der Waals surface area contributed by atoms with Crippen LogP contribution in [0.25, 0.3) is 16.3 Å². The van der Waals surface area contributed by atoms with Crippen LogP contribution in [0, 0.1) is 5.82 Å². The minimum Gasteiger partial charge on any atom is -0.494 e. The maximum atomic E-state index is 13.9. The molecule has 0 bridgehead atoms. The number of Topliss-reactive ketones (excluding diaryl/α,β-unsaturated/α-hetero) is 1. The summed E-state index contributed by atoms with van der Waals surface area (Å²) in [7, 11) is 0. The summed E-state index contributed by atoms with van der Waals surface area (Å²) < 4.78 is 19.6. The second-order valence-corrected chi connectivity index (χ2v) is 10.0. The van der Waals surface area contributed by atoms with Crippen LogP contribution in [0.15, 0.2) is 90.5 Å². The summed E-state index contributed by atoms with van der Waals surface area (Å²) in [5.74, 6) is 0.829. The molecule has 1 N–H and O–H groups in total. The van der Waals surface area contributed by atoms with E-state index in [1.807, 2.05) is 24.3 Å². The third kappa shape index (κ3) is 4.42. The number of anilines is 1. The van der Waals surface area contributed by atoms with Crippen molar-refractivity contribution in [1.29, 1.82) is 0 Å². The zero-order valence-electron chi connectivity index (χ0n) is 21.0. The fraction of sp³-hybridized carbons (Fsp3) is 0.242. The van der Waals surface area contributed by atoms with E-state index in [0.29, 0.717) is 6.42 Å². The molecule has 3 nitrogen and oxygen atoms in total. The van der Waals surface area contributed by atoms with Gasteiger partial charge in [0.25, 0.3) is 0 Å². The molecule has 37 heavy (non-hydrogen) atoms. The van der Waals surface area contributed by atoms with E-state index >= 15 is 0 Å². The lowest BCUT2D eigenvalue weighted by atomic mass is 9.71. The van der Waals surface area contributed by atoms with Gasteiger partial charge in [-0.3, -0.25) is 4.79 Å². The molecule has 0 saturated carbocycles. The Labute approximate surface area is 217 Å². The van der Waals surface area contributed by atoms with Gasteiger partial charge in [0.2, 0.25) is 0 Å². The van der Waals surface area contributed by atoms with Gasteiger partial charge in [0.05, 0.1) is 12.6 Å². The molecular formula is C33H30FNO2. The van der Waals surface area contributed by atoms with Crippen molar-refractivity contribution in [3.05, 3.63) is 113 Å². The largest absolute Gasteiger partial charge is 0.494 e. The third-order valence-electron chi connectivity index (χ3n) is 7.65. The van der Waals surface area contributed by atoms with Gasteiger partial charge in [-0.05, 0) is 76.6 Å². The maximum absolute atomic E-state index is 13.9. The van der Waals surface area contributed by atoms with Crippen LogP contribution in [0.2, 0.25) is 0 Å². The average Bonchev–Trinajstić information content (AvgIpc) is 2.93. The summed E-state index contributed by atoms with van der Waals surface area (Å²) >= 11 is 0. The molecule has 4 aromatic rings. The topological polar surface area (TPSA) is 38.3 Å². The number of fused-ring (bicyclic) bond motifs is 4. The summed E-state index contributed by atoms with van der Waals surface area (Å²) in [4.78, 5) is 13.9. The van der Waals surface area contributed by atoms with Gasteiger partial charge in [-0.1, -0.05) is 67.9 Å². The van der Waals surface area contributed by atoms with E-state index in [0.717, 1.165) is 75.9 Å². The van der Waals surface area contributed by atoms with Crippen LogP contribution in [0.5, 0.6) is 5.75 Å². The number of ether oxygens (including phenoxy) is 1. The zero-order valence-corrected chi connectivity index (χ0v) is 21.0. The number of halogens is 1. The van der Waals surface area contributed by atoms with Gasteiger partial charge < -0.3 is 10.1 Å². The number of ketones is 1. The lowest BCUT2D eigenvalue weighted by Crippen LogP contribution is -2.29. The lowest BCUT2D eigenvalue weighted by molar-refractivity contribution is -0.116. The van der Waals surface area contributed by atoms with Crippen molar-refractivity contribution in [3.8, 4) is 5.75 Å². The highest BCUT2D eigenvalue weighted by Gasteiger charge is 2.38. The predicted octanol–water partition coefficient (Wildman–Crippen LogP) is 8.22. The molecular weight excluding hydrogens is 461 g/mol. The first-order chi connectivity index (χ1) is 18.1. The van der Waals surface area contributed by atoms with Crippen molar-refractivity contribution in [2.45, 2.75) is 44.6 Å². The quantitative estimate of drug-likeness (QED) is 0.276. The van der Waals surface area contributed by atoms with Gasteiger partial charge in [0.1, 0.15) is 11.6 Å². The molecule has 1 heterocycles. The molecule has 6 rings (SSSR count). The Hall–Kier alpha value is -3.92. The van der Waals surface area contributed by atoms with Crippen LogP contribution in [-0.4, -0.2) is 12.4 Å². The Bertz CT molecular complexity index is 1490. The lowest BCUT2D eigenvalue weighted by Gasteiger charge is -2.37. The van der Waals surface area contributed by atoms with Crippen LogP contribution in [-0.2, 0) is 4.79 Å². The smallest absolute Gasteiger partial charge is 0.162 e. The molecule has 2 unspecified atom stereocenters. The maximum Gasteiger partial charge on any atom is 0.162 e. The van der Waals surface area contributed by atoms with E-state index in [1.165, 1.54) is 12.1 Å². The molecule has 0 aromatic heterocycles. The molecule has 4 heteroatoms. The van der Waals surface area contributed by atoms with Crippen molar-refractivity contribution < 1.29 is 13.9 Å². The first kappa shape index (κ1) is 23.5. The molecule has 1 aliphatic heterocycles. The number of carbonyl (C=O) groups excluding carboxylic acids is 1. The summed E-state index contributed by atoms with van der Waals surface area (Å²) in [6, 6.07) is 27.0. The summed E-state index contributed by atoms with van der Waals surface area (Å²) in [6.45, 7) is 2.87. The minimum absolute atomic E-state index is 0.0923. The van der Waals surface area contributed by atoms with E-state index in [9.17, 15) is 9.18 Å². The predicted molar refractivity (Wildman–Crippen MR) is 147 cm³/mol. The fourth-order valence-corrected chi connectivity index (χ4v) is 5.76. The SMILES string of the molecule is CCCCOc1ccc(C2CC(=O)C3=C(C2)c2c(ccc4ccccc24)NC3c2ccc(F)cc2)cc1.